The van der Waals surface area contributed by atoms with Crippen LogP contribution in [-0.4, -0.2) is 55.7 Å². The molecule has 1 aliphatic heterocycles. The van der Waals surface area contributed by atoms with Crippen molar-refractivity contribution in [1.82, 2.24) is 34.9 Å². The molecule has 0 bridgehead atoms. The van der Waals surface area contributed by atoms with E-state index in [2.05, 4.69) is 25.6 Å². The number of aromatic nitrogens is 4. The highest BCUT2D eigenvalue weighted by atomic mass is 19.2. The van der Waals surface area contributed by atoms with Crippen LogP contribution in [0.4, 0.5) is 13.2 Å². The molecule has 0 saturated heterocycles. The smallest absolute Gasteiger partial charge is 0.272 e. The summed E-state index contributed by atoms with van der Waals surface area (Å²) >= 11 is 0. The number of amides is 2. The van der Waals surface area contributed by atoms with Crippen molar-refractivity contribution in [3.63, 3.8) is 0 Å². The minimum Gasteiger partial charge on any atom is -0.357 e. The van der Waals surface area contributed by atoms with Crippen molar-refractivity contribution in [2.75, 3.05) is 13.6 Å². The Morgan fingerprint density at radius 1 is 1.11 bits per heavy atom. The van der Waals surface area contributed by atoms with E-state index in [0.29, 0.717) is 37.8 Å². The van der Waals surface area contributed by atoms with Crippen molar-refractivity contribution in [3.8, 4) is 11.4 Å². The Morgan fingerprint density at radius 3 is 2.45 bits per heavy atom. The van der Waals surface area contributed by atoms with E-state index in [0.717, 1.165) is 11.6 Å². The number of hydrogen-bond acceptors (Lipinski definition) is 5. The molecule has 3 heterocycles. The quantitative estimate of drug-likeness (QED) is 0.477. The van der Waals surface area contributed by atoms with Gasteiger partial charge in [-0.05, 0) is 17.9 Å². The molecule has 4 rings (SSSR count). The first kappa shape index (κ1) is 27.4. The highest BCUT2D eigenvalue weighted by Gasteiger charge is 2.35. The second-order valence-corrected chi connectivity index (χ2v) is 10.6. The fraction of sp³-hybridized carbons (Fsp3) is 0.462. The van der Waals surface area contributed by atoms with Gasteiger partial charge in [0.25, 0.3) is 5.91 Å². The fourth-order valence-corrected chi connectivity index (χ4v) is 4.68. The van der Waals surface area contributed by atoms with Crippen LogP contribution >= 0.6 is 0 Å². The molecule has 2 amide bonds. The lowest BCUT2D eigenvalue weighted by molar-refractivity contribution is -0.124. The van der Waals surface area contributed by atoms with E-state index in [9.17, 15) is 22.8 Å². The van der Waals surface area contributed by atoms with Gasteiger partial charge in [0.1, 0.15) is 17.7 Å². The van der Waals surface area contributed by atoms with E-state index in [4.69, 9.17) is 0 Å². The molecule has 12 heteroatoms. The third kappa shape index (κ3) is 5.59. The van der Waals surface area contributed by atoms with Crippen LogP contribution in [0.3, 0.4) is 0 Å². The predicted octanol–water partition coefficient (Wildman–Crippen LogP) is 3.00. The number of benzene rings is 1. The van der Waals surface area contributed by atoms with Gasteiger partial charge in [-0.1, -0.05) is 20.8 Å². The zero-order chi connectivity index (χ0) is 27.8. The highest BCUT2D eigenvalue weighted by molar-refractivity contribution is 5.97. The average Bonchev–Trinajstić information content (AvgIpc) is 3.34. The normalized spacial score (nSPS) is 15.1. The van der Waals surface area contributed by atoms with E-state index in [-0.39, 0.29) is 29.5 Å². The zero-order valence-electron chi connectivity index (χ0n) is 22.1. The Balaban J connectivity index is 1.79. The molecule has 2 N–H and O–H groups in total. The number of carbonyl (C=O) groups is 2. The number of aryl methyl sites for hydroxylation is 1. The number of rotatable bonds is 6. The molecular formula is C26H32F3N7O2. The van der Waals surface area contributed by atoms with Crippen LogP contribution in [0.5, 0.6) is 0 Å². The van der Waals surface area contributed by atoms with Crippen LogP contribution in [-0.2, 0) is 31.5 Å². The van der Waals surface area contributed by atoms with Gasteiger partial charge in [-0.15, -0.1) is 0 Å². The number of hydrogen-bond donors (Lipinski definition) is 2. The third-order valence-corrected chi connectivity index (χ3v) is 6.58. The fourth-order valence-electron chi connectivity index (χ4n) is 4.68. The van der Waals surface area contributed by atoms with Crippen molar-refractivity contribution in [1.29, 1.82) is 0 Å². The Hall–Kier alpha value is -3.67. The summed E-state index contributed by atoms with van der Waals surface area (Å²) < 4.78 is 46.1. The predicted molar refractivity (Wildman–Crippen MR) is 134 cm³/mol. The summed E-state index contributed by atoms with van der Waals surface area (Å²) in [5.41, 5.74) is 0.607. The number of nitrogens with one attached hydrogen (secondary N) is 2. The van der Waals surface area contributed by atoms with Crippen molar-refractivity contribution in [2.45, 2.75) is 52.9 Å². The van der Waals surface area contributed by atoms with Crippen LogP contribution in [0.25, 0.3) is 11.4 Å². The van der Waals surface area contributed by atoms with Crippen molar-refractivity contribution < 1.29 is 22.8 Å². The van der Waals surface area contributed by atoms with Gasteiger partial charge < -0.3 is 15.2 Å². The summed E-state index contributed by atoms with van der Waals surface area (Å²) in [6.07, 6.45) is 4.30. The van der Waals surface area contributed by atoms with E-state index in [1.165, 1.54) is 7.05 Å². The van der Waals surface area contributed by atoms with Gasteiger partial charge in [-0.3, -0.25) is 19.2 Å². The molecule has 38 heavy (non-hydrogen) atoms. The molecule has 1 atom stereocenters. The molecule has 0 fully saturated rings. The van der Waals surface area contributed by atoms with Gasteiger partial charge in [-0.25, -0.2) is 18.2 Å². The molecule has 0 aliphatic carbocycles. The van der Waals surface area contributed by atoms with Crippen LogP contribution in [0.1, 0.15) is 48.9 Å². The Bertz CT molecular complexity index is 1360. The summed E-state index contributed by atoms with van der Waals surface area (Å²) in [5, 5.41) is 9.55. The maximum absolute atomic E-state index is 14.8. The number of fused-ring (bicyclic) bond motifs is 1. The molecular weight excluding hydrogens is 499 g/mol. The first-order valence-corrected chi connectivity index (χ1v) is 12.4. The first-order valence-electron chi connectivity index (χ1n) is 12.4. The van der Waals surface area contributed by atoms with Gasteiger partial charge in [0.2, 0.25) is 5.91 Å². The molecule has 0 saturated carbocycles. The standard InChI is InChI=1S/C26H32F3N7O2/c1-26(2,3)22(25(38)30-4)33-24(37)21-20-14-35(13-15-11-31-34(5)12-15)7-6-8-36(20)23(32-21)16-9-18(28)19(29)10-17(16)27/h9-12,22H,6-8,13-14H2,1-5H3,(H,30,38)(H,33,37)/t22-/m1/s1. The zero-order valence-corrected chi connectivity index (χ0v) is 22.1. The largest absolute Gasteiger partial charge is 0.357 e. The van der Waals surface area contributed by atoms with Gasteiger partial charge in [0, 0.05) is 58.1 Å². The van der Waals surface area contributed by atoms with Crippen molar-refractivity contribution in [2.24, 2.45) is 12.5 Å². The monoisotopic (exact) mass is 531 g/mol. The molecule has 2 aromatic heterocycles. The summed E-state index contributed by atoms with van der Waals surface area (Å²) in [6, 6.07) is 0.347. The summed E-state index contributed by atoms with van der Waals surface area (Å²) in [6.45, 7) is 7.34. The van der Waals surface area contributed by atoms with Crippen molar-refractivity contribution >= 4 is 11.8 Å². The lowest BCUT2D eigenvalue weighted by Crippen LogP contribution is -2.53. The molecule has 3 aromatic rings. The van der Waals surface area contributed by atoms with Gasteiger partial charge in [0.05, 0.1) is 17.5 Å². The van der Waals surface area contributed by atoms with Crippen molar-refractivity contribution in [3.05, 3.63) is 58.9 Å². The Labute approximate surface area is 219 Å². The van der Waals surface area contributed by atoms with Gasteiger partial charge in [-0.2, -0.15) is 5.10 Å². The van der Waals surface area contributed by atoms with Crippen LogP contribution in [0, 0.1) is 22.9 Å². The van der Waals surface area contributed by atoms with Crippen LogP contribution in [0.2, 0.25) is 0 Å². The van der Waals surface area contributed by atoms with Gasteiger partial charge >= 0.3 is 0 Å². The van der Waals surface area contributed by atoms with E-state index >= 15 is 0 Å². The average molecular weight is 532 g/mol. The minimum atomic E-state index is -1.31. The minimum absolute atomic E-state index is 0.000345. The maximum atomic E-state index is 14.8. The molecule has 0 radical (unpaired) electrons. The molecule has 9 nitrogen and oxygen atoms in total. The number of imidazole rings is 1. The van der Waals surface area contributed by atoms with E-state index in [1.54, 1.807) is 15.4 Å². The molecule has 1 aromatic carbocycles. The first-order chi connectivity index (χ1) is 17.9. The number of carbonyl (C=O) groups excluding carboxylic acids is 2. The van der Waals surface area contributed by atoms with E-state index < -0.39 is 34.8 Å². The Morgan fingerprint density at radius 2 is 1.82 bits per heavy atom. The number of halogens is 3. The summed E-state index contributed by atoms with van der Waals surface area (Å²) in [4.78, 5) is 32.7. The topological polar surface area (TPSA) is 97.1 Å². The van der Waals surface area contributed by atoms with Gasteiger partial charge in [0.15, 0.2) is 17.3 Å². The molecule has 1 aliphatic rings. The molecule has 0 unspecified atom stereocenters. The summed E-state index contributed by atoms with van der Waals surface area (Å²) in [5.74, 6) is -4.48. The number of nitrogens with zero attached hydrogens (tertiary/aromatic N) is 5. The SMILES string of the molecule is CNC(=O)[C@@H](NC(=O)c1nc(-c2cc(F)c(F)cc2F)n2c1CN(Cc1cnn(C)c1)CCC2)C(C)(C)C. The number of likely N-dealkylation sites (N-methyl/N-ethyl adjacent to an activating group) is 1. The van der Waals surface area contributed by atoms with E-state index in [1.807, 2.05) is 34.0 Å². The molecule has 0 spiro atoms. The second kappa shape index (κ2) is 10.6. The lowest BCUT2D eigenvalue weighted by atomic mass is 9.86. The summed E-state index contributed by atoms with van der Waals surface area (Å²) in [7, 11) is 3.31. The van der Waals surface area contributed by atoms with Crippen LogP contribution in [0.15, 0.2) is 24.5 Å². The van der Waals surface area contributed by atoms with Crippen LogP contribution < -0.4 is 10.6 Å². The lowest BCUT2D eigenvalue weighted by Gasteiger charge is -2.29. The third-order valence-electron chi connectivity index (χ3n) is 6.58. The molecule has 204 valence electrons. The Kier molecular flexibility index (Phi) is 7.63. The second-order valence-electron chi connectivity index (χ2n) is 10.6. The maximum Gasteiger partial charge on any atom is 0.272 e. The highest BCUT2D eigenvalue weighted by Crippen LogP contribution is 2.30.